The molecule has 108 valence electrons. The summed E-state index contributed by atoms with van der Waals surface area (Å²) in [5.41, 5.74) is 0.231. The van der Waals surface area contributed by atoms with Gasteiger partial charge in [-0.2, -0.15) is 0 Å². The van der Waals surface area contributed by atoms with E-state index in [4.69, 9.17) is 14.0 Å². The molecule has 1 saturated heterocycles. The largest absolute Gasteiger partial charge is 0.464 e. The van der Waals surface area contributed by atoms with Crippen LogP contribution in [0.15, 0.2) is 0 Å². The van der Waals surface area contributed by atoms with Crippen molar-refractivity contribution in [1.29, 1.82) is 0 Å². The highest BCUT2D eigenvalue weighted by Gasteiger charge is 2.75. The molecule has 4 rings (SSSR count). The minimum Gasteiger partial charge on any atom is -0.403 e. The van der Waals surface area contributed by atoms with Gasteiger partial charge in [0.15, 0.2) is 0 Å². The Morgan fingerprint density at radius 3 is 2.00 bits per heavy atom. The van der Waals surface area contributed by atoms with Gasteiger partial charge in [0, 0.05) is 19.0 Å². The third-order valence-electron chi connectivity index (χ3n) is 5.99. The Labute approximate surface area is 117 Å². The second kappa shape index (κ2) is 3.99. The van der Waals surface area contributed by atoms with Crippen LogP contribution >= 0.6 is 0 Å². The van der Waals surface area contributed by atoms with Crippen LogP contribution in [0.5, 0.6) is 0 Å². The Morgan fingerprint density at radius 1 is 1.00 bits per heavy atom. The summed E-state index contributed by atoms with van der Waals surface area (Å²) in [7, 11) is 1.80. The maximum atomic E-state index is 6.23. The molecule has 0 amide bonds. The van der Waals surface area contributed by atoms with E-state index in [0.717, 1.165) is 6.61 Å². The van der Waals surface area contributed by atoms with Gasteiger partial charge in [0.25, 0.3) is 0 Å². The Balaban J connectivity index is 1.55. The molecule has 0 unspecified atom stereocenters. The quantitative estimate of drug-likeness (QED) is 0.563. The van der Waals surface area contributed by atoms with Crippen LogP contribution in [-0.2, 0) is 14.0 Å². The third kappa shape index (κ3) is 1.90. The Kier molecular flexibility index (Phi) is 2.92. The molecule has 1 heterocycles. The average Bonchev–Trinajstić information content (AvgIpc) is 2.38. The molecule has 0 aromatic rings. The fourth-order valence-corrected chi connectivity index (χ4v) is 4.28. The van der Waals surface area contributed by atoms with E-state index in [1.165, 1.54) is 32.1 Å². The molecule has 4 fully saturated rings. The lowest BCUT2D eigenvalue weighted by Crippen LogP contribution is -2.63. The molecule has 0 aromatic carbocycles. The van der Waals surface area contributed by atoms with Crippen molar-refractivity contribution in [3.05, 3.63) is 0 Å². The summed E-state index contributed by atoms with van der Waals surface area (Å²) < 4.78 is 17.6. The smallest absolute Gasteiger partial charge is 0.403 e. The van der Waals surface area contributed by atoms with Crippen molar-refractivity contribution in [2.75, 3.05) is 13.7 Å². The Morgan fingerprint density at radius 2 is 1.53 bits per heavy atom. The number of rotatable bonds is 5. The van der Waals surface area contributed by atoms with E-state index >= 15 is 0 Å². The van der Waals surface area contributed by atoms with E-state index in [2.05, 4.69) is 27.7 Å². The first-order chi connectivity index (χ1) is 8.74. The number of hydrogen-bond donors (Lipinski definition) is 0. The summed E-state index contributed by atoms with van der Waals surface area (Å²) in [5, 5.41) is 0.331. The first kappa shape index (κ1) is 13.9. The summed E-state index contributed by atoms with van der Waals surface area (Å²) in [6, 6.07) is 0. The summed E-state index contributed by atoms with van der Waals surface area (Å²) in [6.07, 6.45) is 6.37. The van der Waals surface area contributed by atoms with Crippen LogP contribution in [-0.4, -0.2) is 32.0 Å². The van der Waals surface area contributed by atoms with E-state index < -0.39 is 0 Å². The van der Waals surface area contributed by atoms with Crippen molar-refractivity contribution in [3.8, 4) is 0 Å². The molecule has 0 spiro atoms. The van der Waals surface area contributed by atoms with Crippen molar-refractivity contribution in [3.63, 3.8) is 0 Å². The Hall–Kier alpha value is -0.0551. The normalized spacial score (nSPS) is 41.8. The van der Waals surface area contributed by atoms with Gasteiger partial charge in [-0.25, -0.2) is 0 Å². The van der Waals surface area contributed by atoms with Crippen molar-refractivity contribution < 1.29 is 14.0 Å². The summed E-state index contributed by atoms with van der Waals surface area (Å²) in [6.45, 7) is 9.48. The standard InChI is InChI=1S/C15H27BO3/c1-12(2)13(3,4)19-16(18-12)15-9-14(10-15,11-15)7-6-8-17-5/h6-11H2,1-5H3. The van der Waals surface area contributed by atoms with Crippen LogP contribution < -0.4 is 0 Å². The Bertz CT molecular complexity index is 342. The van der Waals surface area contributed by atoms with Crippen molar-refractivity contribution >= 4 is 7.12 Å². The lowest BCUT2D eigenvalue weighted by molar-refractivity contribution is -0.118. The SMILES string of the molecule is COCCCC12CC(B3OC(C)(C)C(C)(C)O3)(C1)C2. The molecule has 0 atom stereocenters. The second-order valence-electron chi connectivity index (χ2n) is 8.08. The number of methoxy groups -OCH3 is 1. The zero-order valence-corrected chi connectivity index (χ0v) is 13.0. The minimum atomic E-state index is -0.184. The summed E-state index contributed by atoms with van der Waals surface area (Å²) >= 11 is 0. The van der Waals surface area contributed by atoms with Gasteiger partial charge in [0.05, 0.1) is 11.2 Å². The van der Waals surface area contributed by atoms with Crippen LogP contribution in [0.25, 0.3) is 0 Å². The molecule has 3 aliphatic carbocycles. The van der Waals surface area contributed by atoms with E-state index in [9.17, 15) is 0 Å². The lowest BCUT2D eigenvalue weighted by Gasteiger charge is -2.71. The molecular weight excluding hydrogens is 239 g/mol. The van der Waals surface area contributed by atoms with Gasteiger partial charge >= 0.3 is 7.12 Å². The van der Waals surface area contributed by atoms with Gasteiger partial charge in [0.1, 0.15) is 0 Å². The van der Waals surface area contributed by atoms with Crippen LogP contribution in [0.2, 0.25) is 5.31 Å². The second-order valence-corrected chi connectivity index (χ2v) is 8.08. The molecule has 4 aliphatic rings. The monoisotopic (exact) mass is 266 g/mol. The highest BCUT2D eigenvalue weighted by Crippen LogP contribution is 2.82. The predicted octanol–water partition coefficient (Wildman–Crippen LogP) is 3.43. The van der Waals surface area contributed by atoms with Gasteiger partial charge in [-0.1, -0.05) is 0 Å². The van der Waals surface area contributed by atoms with Crippen LogP contribution in [0.4, 0.5) is 0 Å². The average molecular weight is 266 g/mol. The van der Waals surface area contributed by atoms with E-state index in [0.29, 0.717) is 10.7 Å². The molecule has 3 saturated carbocycles. The predicted molar refractivity (Wildman–Crippen MR) is 76.2 cm³/mol. The van der Waals surface area contributed by atoms with E-state index in [1.807, 2.05) is 0 Å². The zero-order valence-electron chi connectivity index (χ0n) is 13.0. The van der Waals surface area contributed by atoms with Gasteiger partial charge in [0.2, 0.25) is 0 Å². The van der Waals surface area contributed by atoms with Crippen LogP contribution in [0, 0.1) is 5.41 Å². The first-order valence-corrected chi connectivity index (χ1v) is 7.59. The summed E-state index contributed by atoms with van der Waals surface area (Å²) in [5.74, 6) is 0. The van der Waals surface area contributed by atoms with Crippen molar-refractivity contribution in [2.45, 2.75) is 76.3 Å². The van der Waals surface area contributed by atoms with E-state index in [-0.39, 0.29) is 18.3 Å². The summed E-state index contributed by atoms with van der Waals surface area (Å²) in [4.78, 5) is 0. The molecule has 0 aromatic heterocycles. The van der Waals surface area contributed by atoms with Gasteiger partial charge < -0.3 is 14.0 Å². The first-order valence-electron chi connectivity index (χ1n) is 7.59. The molecular formula is C15H27BO3. The molecule has 2 bridgehead atoms. The van der Waals surface area contributed by atoms with E-state index in [1.54, 1.807) is 7.11 Å². The molecule has 0 radical (unpaired) electrons. The maximum absolute atomic E-state index is 6.23. The molecule has 0 N–H and O–H groups in total. The molecule has 4 heteroatoms. The highest BCUT2D eigenvalue weighted by atomic mass is 16.7. The fourth-order valence-electron chi connectivity index (χ4n) is 4.28. The number of ether oxygens (including phenoxy) is 1. The third-order valence-corrected chi connectivity index (χ3v) is 5.99. The van der Waals surface area contributed by atoms with Crippen LogP contribution in [0.1, 0.15) is 59.8 Å². The van der Waals surface area contributed by atoms with Gasteiger partial charge in [-0.15, -0.1) is 0 Å². The molecule has 3 nitrogen and oxygen atoms in total. The fraction of sp³-hybridized carbons (Fsp3) is 1.00. The van der Waals surface area contributed by atoms with Crippen molar-refractivity contribution in [1.82, 2.24) is 0 Å². The molecule has 19 heavy (non-hydrogen) atoms. The zero-order chi connectivity index (χ0) is 13.9. The topological polar surface area (TPSA) is 27.7 Å². The minimum absolute atomic E-state index is 0.0156. The van der Waals surface area contributed by atoms with Gasteiger partial charge in [-0.05, 0) is 65.2 Å². The van der Waals surface area contributed by atoms with Gasteiger partial charge in [-0.3, -0.25) is 0 Å². The maximum Gasteiger partial charge on any atom is 0.464 e. The van der Waals surface area contributed by atoms with Crippen molar-refractivity contribution in [2.24, 2.45) is 5.41 Å². The highest BCUT2D eigenvalue weighted by molar-refractivity contribution is 6.51. The molecule has 1 aliphatic heterocycles. The number of hydrogen-bond acceptors (Lipinski definition) is 3. The lowest BCUT2D eigenvalue weighted by atomic mass is 9.23. The van der Waals surface area contributed by atoms with Crippen LogP contribution in [0.3, 0.4) is 0 Å².